The van der Waals surface area contributed by atoms with E-state index in [2.05, 4.69) is 4.98 Å². The van der Waals surface area contributed by atoms with Crippen LogP contribution in [0.1, 0.15) is 16.7 Å². The van der Waals surface area contributed by atoms with Crippen molar-refractivity contribution in [3.8, 4) is 0 Å². The van der Waals surface area contributed by atoms with Gasteiger partial charge in [0.15, 0.2) is 0 Å². The molecule has 1 unspecified atom stereocenters. The number of thiophene rings is 1. The van der Waals surface area contributed by atoms with Crippen molar-refractivity contribution in [2.45, 2.75) is 6.10 Å². The number of rotatable bonds is 2. The number of halogens is 1. The molecule has 13 heavy (non-hydrogen) atoms. The van der Waals surface area contributed by atoms with Gasteiger partial charge >= 0.3 is 0 Å². The molecule has 0 fully saturated rings. The van der Waals surface area contributed by atoms with Gasteiger partial charge < -0.3 is 5.11 Å². The molecule has 2 rings (SSSR count). The minimum atomic E-state index is -0.682. The number of thiazole rings is 1. The molecule has 0 aromatic carbocycles. The van der Waals surface area contributed by atoms with Crippen molar-refractivity contribution in [2.75, 3.05) is 0 Å². The quantitative estimate of drug-likeness (QED) is 0.862. The van der Waals surface area contributed by atoms with Crippen molar-refractivity contribution in [2.24, 2.45) is 0 Å². The molecule has 0 saturated heterocycles. The van der Waals surface area contributed by atoms with Crippen molar-refractivity contribution < 1.29 is 5.11 Å². The second-order valence-corrected chi connectivity index (χ2v) is 4.87. The minimum absolute atomic E-state index is 0.628. The van der Waals surface area contributed by atoms with Gasteiger partial charge in [0.1, 0.15) is 11.1 Å². The van der Waals surface area contributed by atoms with Crippen LogP contribution in [0, 0.1) is 0 Å². The summed E-state index contributed by atoms with van der Waals surface area (Å²) in [5.41, 5.74) is 0.738. The maximum Gasteiger partial charge on any atom is 0.133 e. The van der Waals surface area contributed by atoms with Crippen LogP contribution in [0.15, 0.2) is 23.0 Å². The largest absolute Gasteiger partial charge is 0.381 e. The van der Waals surface area contributed by atoms with Crippen LogP contribution >= 0.6 is 34.3 Å². The van der Waals surface area contributed by atoms with E-state index < -0.39 is 6.10 Å². The first-order valence-electron chi connectivity index (χ1n) is 3.59. The molecule has 0 aliphatic heterocycles. The van der Waals surface area contributed by atoms with Crippen molar-refractivity contribution in [3.05, 3.63) is 37.9 Å². The average molecular weight is 232 g/mol. The van der Waals surface area contributed by atoms with Crippen LogP contribution in [0.4, 0.5) is 0 Å². The van der Waals surface area contributed by atoms with E-state index in [-0.39, 0.29) is 0 Å². The summed E-state index contributed by atoms with van der Waals surface area (Å²) in [6.45, 7) is 0. The normalized spacial score (nSPS) is 13.1. The van der Waals surface area contributed by atoms with Gasteiger partial charge in [-0.05, 0) is 11.4 Å². The Morgan fingerprint density at radius 1 is 1.38 bits per heavy atom. The van der Waals surface area contributed by atoms with E-state index in [0.29, 0.717) is 9.34 Å². The molecule has 0 amide bonds. The smallest absolute Gasteiger partial charge is 0.133 e. The third kappa shape index (κ3) is 1.76. The molecule has 0 spiro atoms. The molecular weight excluding hydrogens is 226 g/mol. The summed E-state index contributed by atoms with van der Waals surface area (Å²) in [7, 11) is 0. The molecule has 0 aliphatic carbocycles. The lowest BCUT2D eigenvalue weighted by Crippen LogP contribution is -1.97. The van der Waals surface area contributed by atoms with Crippen molar-refractivity contribution in [3.63, 3.8) is 0 Å². The van der Waals surface area contributed by atoms with E-state index in [9.17, 15) is 5.11 Å². The Morgan fingerprint density at radius 2 is 2.23 bits per heavy atom. The van der Waals surface area contributed by atoms with Gasteiger partial charge in [-0.2, -0.15) is 0 Å². The summed E-state index contributed by atoms with van der Waals surface area (Å²) in [6.07, 6.45) is 0.988. The first kappa shape index (κ1) is 9.15. The highest BCUT2D eigenvalue weighted by Crippen LogP contribution is 2.32. The molecule has 5 heteroatoms. The Hall–Kier alpha value is -0.420. The SMILES string of the molecule is OC(c1nccs1)c1ccsc1Cl. The fraction of sp³-hybridized carbons (Fsp3) is 0.125. The lowest BCUT2D eigenvalue weighted by molar-refractivity contribution is 0.220. The van der Waals surface area contributed by atoms with Gasteiger partial charge in [-0.3, -0.25) is 0 Å². The Bertz CT molecular complexity index is 385. The minimum Gasteiger partial charge on any atom is -0.381 e. The van der Waals surface area contributed by atoms with E-state index >= 15 is 0 Å². The molecule has 2 heterocycles. The fourth-order valence-corrected chi connectivity index (χ4v) is 2.61. The molecule has 2 aromatic rings. The zero-order chi connectivity index (χ0) is 9.26. The Balaban J connectivity index is 2.33. The summed E-state index contributed by atoms with van der Waals surface area (Å²) < 4.78 is 0.628. The predicted molar refractivity (Wildman–Crippen MR) is 55.5 cm³/mol. The highest BCUT2D eigenvalue weighted by molar-refractivity contribution is 7.14. The van der Waals surface area contributed by atoms with E-state index in [0.717, 1.165) is 5.56 Å². The van der Waals surface area contributed by atoms with Crippen molar-refractivity contribution in [1.29, 1.82) is 0 Å². The number of aliphatic hydroxyl groups excluding tert-OH is 1. The molecule has 2 nitrogen and oxygen atoms in total. The predicted octanol–water partition coefficient (Wildman–Crippen LogP) is 2.94. The van der Waals surface area contributed by atoms with Gasteiger partial charge in [0.2, 0.25) is 0 Å². The zero-order valence-electron chi connectivity index (χ0n) is 6.48. The van der Waals surface area contributed by atoms with Crippen LogP contribution < -0.4 is 0 Å². The first-order chi connectivity index (χ1) is 6.29. The summed E-state index contributed by atoms with van der Waals surface area (Å²) in [4.78, 5) is 4.03. The van der Waals surface area contributed by atoms with Gasteiger partial charge in [0.05, 0.1) is 4.34 Å². The Kier molecular flexibility index (Phi) is 2.64. The maximum absolute atomic E-state index is 9.82. The third-order valence-corrected chi connectivity index (χ3v) is 3.65. The topological polar surface area (TPSA) is 33.1 Å². The van der Waals surface area contributed by atoms with Crippen LogP contribution in [0.3, 0.4) is 0 Å². The molecule has 0 bridgehead atoms. The van der Waals surface area contributed by atoms with Crippen LogP contribution in [0.2, 0.25) is 4.34 Å². The molecule has 2 aromatic heterocycles. The van der Waals surface area contributed by atoms with Gasteiger partial charge in [-0.1, -0.05) is 11.6 Å². The summed E-state index contributed by atoms with van der Waals surface area (Å²) in [5, 5.41) is 14.2. The molecule has 0 saturated carbocycles. The van der Waals surface area contributed by atoms with Crippen LogP contribution in [0.25, 0.3) is 0 Å². The monoisotopic (exact) mass is 231 g/mol. The summed E-state index contributed by atoms with van der Waals surface area (Å²) >= 11 is 8.72. The molecule has 1 atom stereocenters. The number of aromatic nitrogens is 1. The molecule has 0 aliphatic rings. The lowest BCUT2D eigenvalue weighted by Gasteiger charge is -2.04. The van der Waals surface area contributed by atoms with E-state index in [1.807, 2.05) is 16.8 Å². The number of hydrogen-bond acceptors (Lipinski definition) is 4. The third-order valence-electron chi connectivity index (χ3n) is 1.63. The van der Waals surface area contributed by atoms with Crippen molar-refractivity contribution >= 4 is 34.3 Å². The van der Waals surface area contributed by atoms with Crippen LogP contribution in [-0.4, -0.2) is 10.1 Å². The molecule has 0 radical (unpaired) electrons. The van der Waals surface area contributed by atoms with Gasteiger partial charge in [0.25, 0.3) is 0 Å². The molecular formula is C8H6ClNOS2. The second-order valence-electron chi connectivity index (χ2n) is 2.42. The van der Waals surface area contributed by atoms with Gasteiger partial charge in [0, 0.05) is 17.1 Å². The second kappa shape index (κ2) is 3.75. The summed E-state index contributed by atoms with van der Waals surface area (Å²) in [5.74, 6) is 0. The zero-order valence-corrected chi connectivity index (χ0v) is 8.86. The molecule has 1 N–H and O–H groups in total. The molecule has 68 valence electrons. The van der Waals surface area contributed by atoms with Crippen molar-refractivity contribution in [1.82, 2.24) is 4.98 Å². The van der Waals surface area contributed by atoms with E-state index in [4.69, 9.17) is 11.6 Å². The lowest BCUT2D eigenvalue weighted by atomic mass is 10.2. The number of hydrogen-bond donors (Lipinski definition) is 1. The van der Waals surface area contributed by atoms with Crippen LogP contribution in [0.5, 0.6) is 0 Å². The van der Waals surface area contributed by atoms with E-state index in [1.165, 1.54) is 22.7 Å². The number of aliphatic hydroxyl groups is 1. The maximum atomic E-state index is 9.82. The number of nitrogens with zero attached hydrogens (tertiary/aromatic N) is 1. The Morgan fingerprint density at radius 3 is 2.77 bits per heavy atom. The average Bonchev–Trinajstić information content (AvgIpc) is 2.72. The van der Waals surface area contributed by atoms with Crippen LogP contribution in [-0.2, 0) is 0 Å². The van der Waals surface area contributed by atoms with Gasteiger partial charge in [-0.25, -0.2) is 4.98 Å². The van der Waals surface area contributed by atoms with E-state index in [1.54, 1.807) is 6.20 Å². The standard InChI is InChI=1S/C8H6ClNOS2/c9-7-5(1-3-12-7)6(11)8-10-2-4-13-8/h1-4,6,11H. The highest BCUT2D eigenvalue weighted by Gasteiger charge is 2.16. The fourth-order valence-electron chi connectivity index (χ4n) is 1.00. The Labute approximate surface area is 88.5 Å². The summed E-state index contributed by atoms with van der Waals surface area (Å²) in [6, 6.07) is 1.82. The van der Waals surface area contributed by atoms with Gasteiger partial charge in [-0.15, -0.1) is 22.7 Å². The highest BCUT2D eigenvalue weighted by atomic mass is 35.5. The first-order valence-corrected chi connectivity index (χ1v) is 5.73.